The molecule has 0 spiro atoms. The Labute approximate surface area is 126 Å². The van der Waals surface area contributed by atoms with Crippen LogP contribution in [0.3, 0.4) is 0 Å². The van der Waals surface area contributed by atoms with Gasteiger partial charge in [-0.2, -0.15) is 0 Å². The molecule has 0 radical (unpaired) electrons. The topological polar surface area (TPSA) is 55.8 Å². The van der Waals surface area contributed by atoms with Gasteiger partial charge in [-0.15, -0.1) is 0 Å². The molecule has 1 aromatic carbocycles. The summed E-state index contributed by atoms with van der Waals surface area (Å²) in [5.74, 6) is 5.35. The van der Waals surface area contributed by atoms with Crippen LogP contribution in [0.5, 0.6) is 0 Å². The van der Waals surface area contributed by atoms with Crippen molar-refractivity contribution in [2.75, 3.05) is 13.7 Å². The first-order valence-corrected chi connectivity index (χ1v) is 6.99. The summed E-state index contributed by atoms with van der Waals surface area (Å²) in [5.41, 5.74) is 1.12. The molecule has 0 aliphatic carbocycles. The van der Waals surface area contributed by atoms with E-state index in [4.69, 9.17) is 4.74 Å². The highest BCUT2D eigenvalue weighted by molar-refractivity contribution is 5.69. The fourth-order valence-electron chi connectivity index (χ4n) is 1.64. The fourth-order valence-corrected chi connectivity index (χ4v) is 1.64. The number of methoxy groups -OCH3 is 1. The van der Waals surface area contributed by atoms with Gasteiger partial charge in [0.15, 0.2) is 0 Å². The molecular weight excluding hydrogens is 268 g/mol. The monoisotopic (exact) mass is 290 g/mol. The van der Waals surface area contributed by atoms with Crippen LogP contribution < -0.4 is 0 Å². The van der Waals surface area contributed by atoms with E-state index in [0.717, 1.165) is 5.56 Å². The SMILES string of the molecule is COC(=O)CCC(O)C#CC(C)COCc1ccccc1. The van der Waals surface area contributed by atoms with Crippen LogP contribution in [-0.4, -0.2) is 30.9 Å². The van der Waals surface area contributed by atoms with Gasteiger partial charge >= 0.3 is 5.97 Å². The number of esters is 1. The van der Waals surface area contributed by atoms with Crippen LogP contribution in [-0.2, 0) is 20.9 Å². The Hall–Kier alpha value is -1.83. The molecule has 4 heteroatoms. The first-order valence-electron chi connectivity index (χ1n) is 6.99. The number of carbonyl (C=O) groups excluding carboxylic acids is 1. The standard InChI is InChI=1S/C17H22O4/c1-14(8-9-16(18)10-11-17(19)20-2)12-21-13-15-6-4-3-5-7-15/h3-7,14,16,18H,10-13H2,1-2H3. The van der Waals surface area contributed by atoms with Crippen molar-refractivity contribution in [3.05, 3.63) is 35.9 Å². The zero-order chi connectivity index (χ0) is 15.5. The summed E-state index contributed by atoms with van der Waals surface area (Å²) >= 11 is 0. The van der Waals surface area contributed by atoms with Crippen molar-refractivity contribution in [3.63, 3.8) is 0 Å². The molecule has 0 fully saturated rings. The number of ether oxygens (including phenoxy) is 2. The molecule has 0 amide bonds. The summed E-state index contributed by atoms with van der Waals surface area (Å²) in [6.45, 7) is 2.99. The third kappa shape index (κ3) is 8.13. The molecule has 0 bridgehead atoms. The molecule has 114 valence electrons. The van der Waals surface area contributed by atoms with E-state index >= 15 is 0 Å². The molecule has 1 aromatic rings. The van der Waals surface area contributed by atoms with Crippen LogP contribution in [0.4, 0.5) is 0 Å². The van der Waals surface area contributed by atoms with Gasteiger partial charge in [0.05, 0.1) is 20.3 Å². The van der Waals surface area contributed by atoms with Gasteiger partial charge in [-0.3, -0.25) is 4.79 Å². The van der Waals surface area contributed by atoms with Gasteiger partial charge in [0, 0.05) is 12.3 Å². The lowest BCUT2D eigenvalue weighted by Crippen LogP contribution is -2.10. The number of carbonyl (C=O) groups is 1. The van der Waals surface area contributed by atoms with Crippen LogP contribution >= 0.6 is 0 Å². The van der Waals surface area contributed by atoms with Crippen molar-refractivity contribution in [2.24, 2.45) is 5.92 Å². The van der Waals surface area contributed by atoms with E-state index in [1.807, 2.05) is 37.3 Å². The van der Waals surface area contributed by atoms with Crippen LogP contribution in [0, 0.1) is 17.8 Å². The predicted molar refractivity (Wildman–Crippen MR) is 80.3 cm³/mol. The molecule has 4 nitrogen and oxygen atoms in total. The molecule has 0 aromatic heterocycles. The Balaban J connectivity index is 2.22. The lowest BCUT2D eigenvalue weighted by Gasteiger charge is -2.07. The fraction of sp³-hybridized carbons (Fsp3) is 0.471. The second kappa shape index (κ2) is 9.98. The number of rotatable bonds is 7. The van der Waals surface area contributed by atoms with Crippen molar-refractivity contribution in [1.82, 2.24) is 0 Å². The molecule has 21 heavy (non-hydrogen) atoms. The molecule has 0 saturated heterocycles. The van der Waals surface area contributed by atoms with Crippen molar-refractivity contribution in [3.8, 4) is 11.8 Å². The summed E-state index contributed by atoms with van der Waals surface area (Å²) in [4.78, 5) is 10.9. The first kappa shape index (κ1) is 17.2. The van der Waals surface area contributed by atoms with E-state index in [9.17, 15) is 9.90 Å². The van der Waals surface area contributed by atoms with Crippen LogP contribution in [0.25, 0.3) is 0 Å². The van der Waals surface area contributed by atoms with Crippen molar-refractivity contribution in [2.45, 2.75) is 32.5 Å². The zero-order valence-electron chi connectivity index (χ0n) is 12.5. The highest BCUT2D eigenvalue weighted by Gasteiger charge is 2.05. The first-order chi connectivity index (χ1) is 10.1. The van der Waals surface area contributed by atoms with Gasteiger partial charge in [0.2, 0.25) is 0 Å². The van der Waals surface area contributed by atoms with Crippen molar-refractivity contribution < 1.29 is 19.4 Å². The number of benzene rings is 1. The van der Waals surface area contributed by atoms with Gasteiger partial charge in [-0.25, -0.2) is 0 Å². The molecule has 2 unspecified atom stereocenters. The van der Waals surface area contributed by atoms with E-state index < -0.39 is 6.10 Å². The summed E-state index contributed by atoms with van der Waals surface area (Å²) in [7, 11) is 1.33. The average molecular weight is 290 g/mol. The molecule has 0 aliphatic heterocycles. The van der Waals surface area contributed by atoms with Gasteiger partial charge in [0.25, 0.3) is 0 Å². The van der Waals surface area contributed by atoms with E-state index in [0.29, 0.717) is 13.2 Å². The summed E-state index contributed by atoms with van der Waals surface area (Å²) in [5, 5.41) is 9.62. The maximum Gasteiger partial charge on any atom is 0.305 e. The normalized spacial score (nSPS) is 12.9. The summed E-state index contributed by atoms with van der Waals surface area (Å²) in [6, 6.07) is 9.92. The lowest BCUT2D eigenvalue weighted by atomic mass is 10.1. The smallest absolute Gasteiger partial charge is 0.305 e. The number of aliphatic hydroxyl groups is 1. The minimum atomic E-state index is -0.805. The predicted octanol–water partition coefficient (Wildman–Crippen LogP) is 2.16. The largest absolute Gasteiger partial charge is 0.469 e. The Morgan fingerprint density at radius 3 is 2.67 bits per heavy atom. The zero-order valence-corrected chi connectivity index (χ0v) is 12.5. The molecule has 0 saturated carbocycles. The van der Waals surface area contributed by atoms with Gasteiger partial charge in [-0.1, -0.05) is 42.2 Å². The molecular formula is C17H22O4. The van der Waals surface area contributed by atoms with Gasteiger partial charge in [-0.05, 0) is 18.9 Å². The summed E-state index contributed by atoms with van der Waals surface area (Å²) < 4.78 is 10.1. The van der Waals surface area contributed by atoms with Crippen LogP contribution in [0.1, 0.15) is 25.3 Å². The molecule has 0 aliphatic rings. The highest BCUT2D eigenvalue weighted by atomic mass is 16.5. The minimum absolute atomic E-state index is 0.0292. The third-order valence-electron chi connectivity index (χ3n) is 2.83. The van der Waals surface area contributed by atoms with Crippen LogP contribution in [0.15, 0.2) is 30.3 Å². The number of hydrogen-bond acceptors (Lipinski definition) is 4. The molecule has 0 heterocycles. The Kier molecular flexibility index (Phi) is 8.18. The van der Waals surface area contributed by atoms with E-state index in [-0.39, 0.29) is 24.7 Å². The second-order valence-corrected chi connectivity index (χ2v) is 4.82. The third-order valence-corrected chi connectivity index (χ3v) is 2.83. The Bertz CT molecular complexity index is 473. The average Bonchev–Trinajstić information content (AvgIpc) is 2.51. The van der Waals surface area contributed by atoms with E-state index in [1.165, 1.54) is 7.11 Å². The van der Waals surface area contributed by atoms with Gasteiger partial charge in [0.1, 0.15) is 6.10 Å². The van der Waals surface area contributed by atoms with E-state index in [2.05, 4.69) is 16.6 Å². The number of aliphatic hydroxyl groups excluding tert-OH is 1. The second-order valence-electron chi connectivity index (χ2n) is 4.82. The Morgan fingerprint density at radius 2 is 2.00 bits per heavy atom. The number of hydrogen-bond donors (Lipinski definition) is 1. The summed E-state index contributed by atoms with van der Waals surface area (Å²) in [6.07, 6.45) is -0.344. The lowest BCUT2D eigenvalue weighted by molar-refractivity contribution is -0.141. The van der Waals surface area contributed by atoms with Gasteiger partial charge < -0.3 is 14.6 Å². The molecule has 2 atom stereocenters. The Morgan fingerprint density at radius 1 is 1.29 bits per heavy atom. The minimum Gasteiger partial charge on any atom is -0.469 e. The maximum absolute atomic E-state index is 10.9. The van der Waals surface area contributed by atoms with E-state index in [1.54, 1.807) is 0 Å². The quantitative estimate of drug-likeness (QED) is 0.617. The van der Waals surface area contributed by atoms with Crippen LogP contribution in [0.2, 0.25) is 0 Å². The molecule has 1 N–H and O–H groups in total. The maximum atomic E-state index is 10.9. The molecule has 1 rings (SSSR count). The highest BCUT2D eigenvalue weighted by Crippen LogP contribution is 2.03. The van der Waals surface area contributed by atoms with Crippen molar-refractivity contribution >= 4 is 5.97 Å². The van der Waals surface area contributed by atoms with Crippen molar-refractivity contribution in [1.29, 1.82) is 0 Å².